The van der Waals surface area contributed by atoms with E-state index in [1.807, 2.05) is 24.7 Å². The van der Waals surface area contributed by atoms with E-state index >= 15 is 0 Å². The quantitative estimate of drug-likeness (QED) is 0.926. The maximum atomic E-state index is 5.98. The van der Waals surface area contributed by atoms with Gasteiger partial charge in [-0.1, -0.05) is 0 Å². The Morgan fingerprint density at radius 3 is 3.15 bits per heavy atom. The molecular formula is C15H21N5. The third-order valence-electron chi connectivity index (χ3n) is 4.00. The number of pyridine rings is 1. The van der Waals surface area contributed by atoms with Gasteiger partial charge in [0.05, 0.1) is 18.2 Å². The Morgan fingerprint density at radius 1 is 1.45 bits per heavy atom. The molecule has 1 fully saturated rings. The van der Waals surface area contributed by atoms with Crippen molar-refractivity contribution < 1.29 is 0 Å². The molecule has 20 heavy (non-hydrogen) atoms. The summed E-state index contributed by atoms with van der Waals surface area (Å²) in [6.07, 6.45) is 8.05. The zero-order valence-corrected chi connectivity index (χ0v) is 11.9. The standard InChI is InChI=1S/C15H21N5/c1-19-7-3-4-12(9-19)10-20-11-17-8-14(20)13-5-2-6-18-15(13)16/h2,5-6,8,11-12H,3-4,7,9-10H2,1H3,(H2,16,18). The molecule has 2 N–H and O–H groups in total. The van der Waals surface area contributed by atoms with Crippen LogP contribution in [0.1, 0.15) is 12.8 Å². The minimum absolute atomic E-state index is 0.565. The molecule has 0 spiro atoms. The van der Waals surface area contributed by atoms with Crippen LogP contribution in [0.5, 0.6) is 0 Å². The first kappa shape index (κ1) is 13.1. The van der Waals surface area contributed by atoms with Gasteiger partial charge in [0, 0.05) is 24.8 Å². The van der Waals surface area contributed by atoms with Crippen molar-refractivity contribution in [2.75, 3.05) is 25.9 Å². The fourth-order valence-electron chi connectivity index (χ4n) is 3.03. The van der Waals surface area contributed by atoms with E-state index in [4.69, 9.17) is 5.73 Å². The molecule has 3 rings (SSSR count). The molecule has 5 nitrogen and oxygen atoms in total. The highest BCUT2D eigenvalue weighted by atomic mass is 15.1. The van der Waals surface area contributed by atoms with E-state index in [2.05, 4.69) is 26.5 Å². The fourth-order valence-corrected chi connectivity index (χ4v) is 3.03. The number of imidazole rings is 1. The Hall–Kier alpha value is -1.88. The fraction of sp³-hybridized carbons (Fsp3) is 0.467. The topological polar surface area (TPSA) is 60.0 Å². The van der Waals surface area contributed by atoms with Crippen molar-refractivity contribution in [2.45, 2.75) is 19.4 Å². The van der Waals surface area contributed by atoms with Crippen LogP contribution in [0.15, 0.2) is 30.9 Å². The summed E-state index contributed by atoms with van der Waals surface area (Å²) in [7, 11) is 2.19. The van der Waals surface area contributed by atoms with Gasteiger partial charge in [-0.2, -0.15) is 0 Å². The molecular weight excluding hydrogens is 250 g/mol. The molecule has 1 atom stereocenters. The first-order chi connectivity index (χ1) is 9.74. The number of rotatable bonds is 3. The van der Waals surface area contributed by atoms with E-state index in [1.54, 1.807) is 6.20 Å². The smallest absolute Gasteiger partial charge is 0.132 e. The molecule has 1 aliphatic rings. The number of likely N-dealkylation sites (tertiary alicyclic amines) is 1. The van der Waals surface area contributed by atoms with Crippen LogP contribution in [0.3, 0.4) is 0 Å². The van der Waals surface area contributed by atoms with Crippen LogP contribution in [0.2, 0.25) is 0 Å². The molecule has 3 heterocycles. The van der Waals surface area contributed by atoms with Crippen molar-refractivity contribution in [1.82, 2.24) is 19.4 Å². The highest BCUT2D eigenvalue weighted by Gasteiger charge is 2.19. The lowest BCUT2D eigenvalue weighted by atomic mass is 9.98. The molecule has 0 amide bonds. The summed E-state index contributed by atoms with van der Waals surface area (Å²) in [5, 5.41) is 0. The Bertz CT molecular complexity index is 577. The second-order valence-electron chi connectivity index (χ2n) is 5.64. The number of nitrogens with two attached hydrogens (primary N) is 1. The second-order valence-corrected chi connectivity index (χ2v) is 5.64. The normalized spacial score (nSPS) is 20.1. The molecule has 0 aromatic carbocycles. The first-order valence-corrected chi connectivity index (χ1v) is 7.13. The van der Waals surface area contributed by atoms with Crippen LogP contribution in [-0.4, -0.2) is 39.6 Å². The molecule has 1 unspecified atom stereocenters. The van der Waals surface area contributed by atoms with Gasteiger partial charge < -0.3 is 15.2 Å². The Morgan fingerprint density at radius 2 is 2.35 bits per heavy atom. The highest BCUT2D eigenvalue weighted by molar-refractivity contribution is 5.70. The summed E-state index contributed by atoms with van der Waals surface area (Å²) >= 11 is 0. The Balaban J connectivity index is 1.82. The first-order valence-electron chi connectivity index (χ1n) is 7.13. The lowest BCUT2D eigenvalue weighted by Gasteiger charge is -2.30. The average molecular weight is 271 g/mol. The summed E-state index contributed by atoms with van der Waals surface area (Å²) < 4.78 is 2.21. The van der Waals surface area contributed by atoms with Crippen LogP contribution in [0.4, 0.5) is 5.82 Å². The summed E-state index contributed by atoms with van der Waals surface area (Å²) in [5.41, 5.74) is 8.00. The predicted octanol–water partition coefficient (Wildman–Crippen LogP) is 1.87. The molecule has 106 valence electrons. The highest BCUT2D eigenvalue weighted by Crippen LogP contribution is 2.25. The molecule has 0 bridgehead atoms. The van der Waals surface area contributed by atoms with Gasteiger partial charge in [0.15, 0.2) is 0 Å². The van der Waals surface area contributed by atoms with E-state index in [0.29, 0.717) is 11.7 Å². The zero-order chi connectivity index (χ0) is 13.9. The zero-order valence-electron chi connectivity index (χ0n) is 11.9. The number of anilines is 1. The van der Waals surface area contributed by atoms with Crippen LogP contribution in [0, 0.1) is 5.92 Å². The van der Waals surface area contributed by atoms with Crippen molar-refractivity contribution in [3.8, 4) is 11.3 Å². The molecule has 2 aromatic heterocycles. The van der Waals surface area contributed by atoms with Gasteiger partial charge >= 0.3 is 0 Å². The van der Waals surface area contributed by atoms with Gasteiger partial charge in [-0.25, -0.2) is 9.97 Å². The minimum Gasteiger partial charge on any atom is -0.383 e. The van der Waals surface area contributed by atoms with Gasteiger partial charge in [-0.05, 0) is 44.5 Å². The third kappa shape index (κ3) is 2.67. The third-order valence-corrected chi connectivity index (χ3v) is 4.00. The van der Waals surface area contributed by atoms with Crippen LogP contribution < -0.4 is 5.73 Å². The SMILES string of the molecule is CN1CCCC(Cn2cncc2-c2cccnc2N)C1. The minimum atomic E-state index is 0.565. The molecule has 2 aromatic rings. The number of aromatic nitrogens is 3. The van der Waals surface area contributed by atoms with Gasteiger partial charge in [-0.15, -0.1) is 0 Å². The maximum Gasteiger partial charge on any atom is 0.132 e. The lowest BCUT2D eigenvalue weighted by Crippen LogP contribution is -2.34. The number of hydrogen-bond donors (Lipinski definition) is 1. The van der Waals surface area contributed by atoms with Crippen molar-refractivity contribution in [2.24, 2.45) is 5.92 Å². The van der Waals surface area contributed by atoms with Crippen molar-refractivity contribution in [1.29, 1.82) is 0 Å². The van der Waals surface area contributed by atoms with Gasteiger partial charge in [0.1, 0.15) is 5.82 Å². The van der Waals surface area contributed by atoms with Crippen LogP contribution in [0.25, 0.3) is 11.3 Å². The van der Waals surface area contributed by atoms with Crippen molar-refractivity contribution in [3.05, 3.63) is 30.9 Å². The van der Waals surface area contributed by atoms with Gasteiger partial charge in [0.2, 0.25) is 0 Å². The summed E-state index contributed by atoms with van der Waals surface area (Å²) in [6.45, 7) is 3.36. The molecule has 5 heteroatoms. The molecule has 0 aliphatic carbocycles. The number of piperidine rings is 1. The van der Waals surface area contributed by atoms with Crippen LogP contribution >= 0.6 is 0 Å². The lowest BCUT2D eigenvalue weighted by molar-refractivity contribution is 0.195. The van der Waals surface area contributed by atoms with E-state index in [1.165, 1.54) is 19.4 Å². The van der Waals surface area contributed by atoms with Crippen molar-refractivity contribution in [3.63, 3.8) is 0 Å². The predicted molar refractivity (Wildman–Crippen MR) is 80.1 cm³/mol. The van der Waals surface area contributed by atoms with E-state index in [9.17, 15) is 0 Å². The van der Waals surface area contributed by atoms with E-state index in [0.717, 1.165) is 24.3 Å². The van der Waals surface area contributed by atoms with Gasteiger partial charge in [-0.3, -0.25) is 0 Å². The second kappa shape index (κ2) is 5.63. The van der Waals surface area contributed by atoms with Gasteiger partial charge in [0.25, 0.3) is 0 Å². The molecule has 1 aliphatic heterocycles. The number of hydrogen-bond acceptors (Lipinski definition) is 4. The van der Waals surface area contributed by atoms with Crippen molar-refractivity contribution >= 4 is 5.82 Å². The monoisotopic (exact) mass is 271 g/mol. The summed E-state index contributed by atoms with van der Waals surface area (Å²) in [5.74, 6) is 1.25. The van der Waals surface area contributed by atoms with E-state index < -0.39 is 0 Å². The molecule has 1 saturated heterocycles. The number of nitrogen functional groups attached to an aromatic ring is 1. The summed E-state index contributed by atoms with van der Waals surface area (Å²) in [4.78, 5) is 10.9. The molecule has 0 radical (unpaired) electrons. The summed E-state index contributed by atoms with van der Waals surface area (Å²) in [6, 6.07) is 3.92. The Kier molecular flexibility index (Phi) is 3.69. The number of nitrogens with zero attached hydrogens (tertiary/aromatic N) is 4. The van der Waals surface area contributed by atoms with E-state index in [-0.39, 0.29) is 0 Å². The Labute approximate surface area is 119 Å². The molecule has 0 saturated carbocycles. The maximum absolute atomic E-state index is 5.98. The largest absolute Gasteiger partial charge is 0.383 e. The average Bonchev–Trinajstić information content (AvgIpc) is 2.87. The van der Waals surface area contributed by atoms with Crippen LogP contribution in [-0.2, 0) is 6.54 Å².